The first-order valence-electron chi connectivity index (χ1n) is 14.4. The molecule has 3 heteroatoms. The molecule has 3 N–H and O–H groups in total. The van der Waals surface area contributed by atoms with Gasteiger partial charge in [-0.25, -0.2) is 0 Å². The maximum Gasteiger partial charge on any atom is 0.144 e. The zero-order valence-electron chi connectivity index (χ0n) is 23.9. The van der Waals surface area contributed by atoms with Gasteiger partial charge in [0.15, 0.2) is 0 Å². The van der Waals surface area contributed by atoms with Crippen molar-refractivity contribution < 1.29 is 4.42 Å². The molecule has 0 aliphatic heterocycles. The number of benzene rings is 6. The van der Waals surface area contributed by atoms with Crippen molar-refractivity contribution in [1.29, 1.82) is 5.41 Å². The Hall–Kier alpha value is -5.67. The largest absolute Gasteiger partial charge is 0.455 e. The summed E-state index contributed by atoms with van der Waals surface area (Å²) >= 11 is 0. The molecule has 43 heavy (non-hydrogen) atoms. The van der Waals surface area contributed by atoms with E-state index in [1.54, 1.807) is 18.4 Å². The minimum absolute atomic E-state index is 0.857. The maximum atomic E-state index is 7.75. The first kappa shape index (κ1) is 26.2. The average molecular weight is 555 g/mol. The molecule has 0 fully saturated rings. The Morgan fingerprint density at radius 1 is 0.721 bits per heavy atom. The van der Waals surface area contributed by atoms with Gasteiger partial charge in [-0.3, -0.25) is 0 Å². The van der Waals surface area contributed by atoms with Gasteiger partial charge in [-0.1, -0.05) is 85.5 Å². The number of furan rings is 1. The van der Waals surface area contributed by atoms with Crippen LogP contribution in [0, 0.1) is 5.41 Å². The van der Waals surface area contributed by atoms with E-state index in [4.69, 9.17) is 15.6 Å². The van der Waals surface area contributed by atoms with Crippen LogP contribution in [0.15, 0.2) is 139 Å². The van der Waals surface area contributed by atoms with E-state index in [9.17, 15) is 0 Å². The van der Waals surface area contributed by atoms with Crippen LogP contribution in [0.25, 0.3) is 76.5 Å². The Balaban J connectivity index is 1.71. The molecule has 0 atom stereocenters. The lowest BCUT2D eigenvalue weighted by atomic mass is 9.87. The molecule has 0 saturated carbocycles. The summed E-state index contributed by atoms with van der Waals surface area (Å²) in [6.45, 7) is 6.05. The Morgan fingerprint density at radius 2 is 1.33 bits per heavy atom. The predicted octanol–water partition coefficient (Wildman–Crippen LogP) is 10.8. The van der Waals surface area contributed by atoms with Crippen LogP contribution in [0.5, 0.6) is 0 Å². The van der Waals surface area contributed by atoms with Crippen molar-refractivity contribution in [2.75, 3.05) is 0 Å². The molecule has 7 aromatic rings. The van der Waals surface area contributed by atoms with Crippen molar-refractivity contribution in [2.24, 2.45) is 5.73 Å². The highest BCUT2D eigenvalue weighted by molar-refractivity contribution is 6.34. The molecule has 7 rings (SSSR count). The predicted molar refractivity (Wildman–Crippen MR) is 186 cm³/mol. The monoisotopic (exact) mass is 554 g/mol. The van der Waals surface area contributed by atoms with Gasteiger partial charge in [0.2, 0.25) is 0 Å². The first-order chi connectivity index (χ1) is 21.2. The number of para-hydroxylation sites is 1. The fourth-order valence-electron chi connectivity index (χ4n) is 6.45. The first-order valence-corrected chi connectivity index (χ1v) is 14.4. The van der Waals surface area contributed by atoms with Crippen LogP contribution in [0.4, 0.5) is 0 Å². The number of nitrogens with two attached hydrogens (primary N) is 1. The number of fused-ring (bicyclic) bond motifs is 10. The van der Waals surface area contributed by atoms with Crippen LogP contribution >= 0.6 is 0 Å². The fourth-order valence-corrected chi connectivity index (χ4v) is 6.45. The van der Waals surface area contributed by atoms with E-state index in [2.05, 4.69) is 97.6 Å². The summed E-state index contributed by atoms with van der Waals surface area (Å²) in [4.78, 5) is 0. The second-order valence-electron chi connectivity index (χ2n) is 10.6. The summed E-state index contributed by atoms with van der Waals surface area (Å²) in [5.74, 6) is 0. The maximum absolute atomic E-state index is 7.75. The van der Waals surface area contributed by atoms with E-state index in [0.717, 1.165) is 66.1 Å². The zero-order valence-corrected chi connectivity index (χ0v) is 23.9. The van der Waals surface area contributed by atoms with Crippen molar-refractivity contribution in [3.05, 3.63) is 145 Å². The molecule has 0 aliphatic carbocycles. The third kappa shape index (κ3) is 4.17. The lowest BCUT2D eigenvalue weighted by molar-refractivity contribution is 0.673. The van der Waals surface area contributed by atoms with Gasteiger partial charge in [0.1, 0.15) is 11.2 Å². The van der Waals surface area contributed by atoms with Gasteiger partial charge in [0.05, 0.1) is 0 Å². The number of hydrogen-bond acceptors (Lipinski definition) is 3. The highest BCUT2D eigenvalue weighted by Crippen LogP contribution is 2.46. The second-order valence-corrected chi connectivity index (χ2v) is 10.6. The van der Waals surface area contributed by atoms with Crippen LogP contribution in [-0.4, -0.2) is 6.21 Å². The van der Waals surface area contributed by atoms with Crippen molar-refractivity contribution in [3.8, 4) is 11.1 Å². The van der Waals surface area contributed by atoms with Crippen LogP contribution in [0.3, 0.4) is 0 Å². The summed E-state index contributed by atoms with van der Waals surface area (Å²) in [6, 6.07) is 34.4. The van der Waals surface area contributed by atoms with Crippen molar-refractivity contribution in [2.45, 2.75) is 6.92 Å². The molecule has 3 nitrogen and oxygen atoms in total. The molecule has 1 heterocycles. The third-order valence-electron chi connectivity index (χ3n) is 8.33. The Labute approximate surface area is 250 Å². The van der Waals surface area contributed by atoms with Crippen LogP contribution in [0.2, 0.25) is 0 Å². The number of allylic oxidation sites excluding steroid dienone is 6. The lowest BCUT2D eigenvalue weighted by Gasteiger charge is -2.16. The summed E-state index contributed by atoms with van der Waals surface area (Å²) < 4.78 is 6.76. The number of nitrogens with one attached hydrogen (secondary N) is 1. The number of hydrogen-bond donors (Lipinski definition) is 2. The Bertz CT molecular complexity index is 2350. The molecule has 0 bridgehead atoms. The minimum Gasteiger partial charge on any atom is -0.455 e. The van der Waals surface area contributed by atoms with Crippen molar-refractivity contribution >= 4 is 71.6 Å². The molecule has 0 amide bonds. The summed E-state index contributed by atoms with van der Waals surface area (Å²) in [6.07, 6.45) is 10.4. The normalized spacial score (nSPS) is 12.8. The Kier molecular flexibility index (Phi) is 6.48. The molecule has 0 radical (unpaired) electrons. The zero-order chi connectivity index (χ0) is 29.5. The van der Waals surface area contributed by atoms with E-state index in [1.807, 2.05) is 25.1 Å². The molecule has 1 aromatic heterocycles. The topological polar surface area (TPSA) is 63.0 Å². The van der Waals surface area contributed by atoms with Crippen molar-refractivity contribution in [1.82, 2.24) is 0 Å². The molecule has 206 valence electrons. The van der Waals surface area contributed by atoms with E-state index in [-0.39, 0.29) is 0 Å². The van der Waals surface area contributed by atoms with Crippen LogP contribution < -0.4 is 5.73 Å². The van der Waals surface area contributed by atoms with Gasteiger partial charge in [-0.05, 0) is 116 Å². The SMILES string of the molecule is C=C/C(=C\C=N)c1cc(C(/C=C\N)=C/C)cc(-c2cc3c4ccccc4c4ccccc4c3c3oc4ccccc4c23)c1. The molecular formula is C40H30N2O. The van der Waals surface area contributed by atoms with Gasteiger partial charge in [0, 0.05) is 22.4 Å². The van der Waals surface area contributed by atoms with Gasteiger partial charge in [-0.2, -0.15) is 0 Å². The van der Waals surface area contributed by atoms with Crippen molar-refractivity contribution in [3.63, 3.8) is 0 Å². The highest BCUT2D eigenvalue weighted by Gasteiger charge is 2.21. The van der Waals surface area contributed by atoms with Gasteiger partial charge < -0.3 is 15.6 Å². The third-order valence-corrected chi connectivity index (χ3v) is 8.33. The molecule has 0 aliphatic rings. The van der Waals surface area contributed by atoms with Crippen LogP contribution in [-0.2, 0) is 0 Å². The van der Waals surface area contributed by atoms with E-state index >= 15 is 0 Å². The fraction of sp³-hybridized carbons (Fsp3) is 0.0250. The summed E-state index contributed by atoms with van der Waals surface area (Å²) in [7, 11) is 0. The molecule has 0 spiro atoms. The van der Waals surface area contributed by atoms with Gasteiger partial charge in [0.25, 0.3) is 0 Å². The average Bonchev–Trinajstić information content (AvgIpc) is 3.45. The van der Waals surface area contributed by atoms with E-state index in [0.29, 0.717) is 0 Å². The standard InChI is InChI=1S/C40H30N2O/c1-3-25(17-19-41)27-21-28(26(4-2)18-20-42)23-29(22-27)35-24-36-32-13-6-5-11-30(32)31-12-7-8-14-33(31)38(36)40-39(35)34-15-9-10-16-37(34)43-40/h3-24,41H,1,42H2,2H3/b20-18-,25-17+,26-4+,41-19?. The molecule has 0 saturated heterocycles. The summed E-state index contributed by atoms with van der Waals surface area (Å²) in [5, 5.41) is 17.0. The van der Waals surface area contributed by atoms with Gasteiger partial charge >= 0.3 is 0 Å². The summed E-state index contributed by atoms with van der Waals surface area (Å²) in [5.41, 5.74) is 13.6. The highest BCUT2D eigenvalue weighted by atomic mass is 16.3. The molecule has 6 aromatic carbocycles. The minimum atomic E-state index is 0.857. The van der Waals surface area contributed by atoms with E-state index in [1.165, 1.54) is 27.8 Å². The smallest absolute Gasteiger partial charge is 0.144 e. The van der Waals surface area contributed by atoms with Gasteiger partial charge in [-0.15, -0.1) is 0 Å². The second kappa shape index (κ2) is 10.6. The molecular weight excluding hydrogens is 524 g/mol. The van der Waals surface area contributed by atoms with Crippen LogP contribution in [0.1, 0.15) is 18.1 Å². The quantitative estimate of drug-likeness (QED) is 0.122. The molecule has 0 unspecified atom stereocenters. The lowest BCUT2D eigenvalue weighted by Crippen LogP contribution is -1.92. The Morgan fingerprint density at radius 3 is 1.98 bits per heavy atom. The number of rotatable bonds is 6. The van der Waals surface area contributed by atoms with E-state index < -0.39 is 0 Å².